The number of phenols is 3. The van der Waals surface area contributed by atoms with E-state index >= 15 is 0 Å². The minimum absolute atomic E-state index is 0.0753. The van der Waals surface area contributed by atoms with E-state index in [0.717, 1.165) is 0 Å². The molecule has 2 aromatic carbocycles. The van der Waals surface area contributed by atoms with Gasteiger partial charge in [0.15, 0.2) is 11.5 Å². The van der Waals surface area contributed by atoms with Gasteiger partial charge in [0.05, 0.1) is 26.9 Å². The zero-order valence-electron chi connectivity index (χ0n) is 11.9. The number of ether oxygens (including phenoxy) is 3. The fourth-order valence-corrected chi connectivity index (χ4v) is 2.15. The molecule has 0 unspecified atom stereocenters. The summed E-state index contributed by atoms with van der Waals surface area (Å²) in [7, 11) is 4.17. The third-order valence-electron chi connectivity index (χ3n) is 3.12. The van der Waals surface area contributed by atoms with E-state index in [1.807, 2.05) is 0 Å². The number of para-hydroxylation sites is 1. The molecule has 0 saturated carbocycles. The second-order valence-corrected chi connectivity index (χ2v) is 4.19. The van der Waals surface area contributed by atoms with E-state index in [0.29, 0.717) is 11.3 Å². The second kappa shape index (κ2) is 5.70. The molecule has 0 heterocycles. The highest BCUT2D eigenvalue weighted by Crippen LogP contribution is 2.56. The van der Waals surface area contributed by atoms with Gasteiger partial charge in [-0.05, 0) is 6.07 Å². The predicted molar refractivity (Wildman–Crippen MR) is 76.5 cm³/mol. The van der Waals surface area contributed by atoms with Crippen LogP contribution in [0.3, 0.4) is 0 Å². The third kappa shape index (κ3) is 2.24. The van der Waals surface area contributed by atoms with E-state index in [-0.39, 0.29) is 17.1 Å². The molecule has 0 spiro atoms. The number of hydrogen-bond acceptors (Lipinski definition) is 6. The highest BCUT2D eigenvalue weighted by atomic mass is 16.5. The van der Waals surface area contributed by atoms with Gasteiger partial charge in [0.25, 0.3) is 0 Å². The van der Waals surface area contributed by atoms with Gasteiger partial charge in [-0.1, -0.05) is 18.2 Å². The van der Waals surface area contributed by atoms with Crippen LogP contribution in [0.5, 0.6) is 34.5 Å². The molecule has 0 atom stereocenters. The normalized spacial score (nSPS) is 10.2. The van der Waals surface area contributed by atoms with Gasteiger partial charge in [-0.15, -0.1) is 0 Å². The maximum atomic E-state index is 10.2. The third-order valence-corrected chi connectivity index (χ3v) is 3.12. The molecule has 3 N–H and O–H groups in total. The van der Waals surface area contributed by atoms with Gasteiger partial charge in [-0.3, -0.25) is 0 Å². The average molecular weight is 292 g/mol. The number of benzene rings is 2. The van der Waals surface area contributed by atoms with E-state index in [4.69, 9.17) is 14.2 Å². The molecule has 2 aromatic rings. The summed E-state index contributed by atoms with van der Waals surface area (Å²) in [5, 5.41) is 29.9. The molecule has 0 aliphatic heterocycles. The summed E-state index contributed by atoms with van der Waals surface area (Å²) in [5.41, 5.74) is 0.657. The minimum Gasteiger partial charge on any atom is -0.504 e. The average Bonchev–Trinajstić information content (AvgIpc) is 2.52. The Labute approximate surface area is 121 Å². The molecule has 6 heteroatoms. The van der Waals surface area contributed by atoms with Crippen LogP contribution in [-0.4, -0.2) is 36.6 Å². The molecular formula is C15H16O6. The van der Waals surface area contributed by atoms with Crippen LogP contribution in [0.1, 0.15) is 0 Å². The lowest BCUT2D eigenvalue weighted by Gasteiger charge is -2.18. The largest absolute Gasteiger partial charge is 0.504 e. The van der Waals surface area contributed by atoms with E-state index in [1.165, 1.54) is 21.3 Å². The molecule has 0 radical (unpaired) electrons. The summed E-state index contributed by atoms with van der Waals surface area (Å²) in [4.78, 5) is 0. The fourth-order valence-electron chi connectivity index (χ4n) is 2.15. The van der Waals surface area contributed by atoms with Crippen LogP contribution >= 0.6 is 0 Å². The maximum Gasteiger partial charge on any atom is 0.208 e. The van der Waals surface area contributed by atoms with Gasteiger partial charge in [-0.25, -0.2) is 0 Å². The Hall–Kier alpha value is -2.76. The molecule has 0 amide bonds. The van der Waals surface area contributed by atoms with E-state index in [2.05, 4.69) is 0 Å². The Kier molecular flexibility index (Phi) is 3.98. The van der Waals surface area contributed by atoms with Crippen LogP contribution in [0.25, 0.3) is 11.1 Å². The highest BCUT2D eigenvalue weighted by Gasteiger charge is 2.27. The molecule has 0 aliphatic rings. The van der Waals surface area contributed by atoms with Crippen LogP contribution in [-0.2, 0) is 0 Å². The summed E-state index contributed by atoms with van der Waals surface area (Å²) in [6, 6.07) is 6.90. The Morgan fingerprint density at radius 3 is 1.90 bits per heavy atom. The van der Waals surface area contributed by atoms with Crippen molar-refractivity contribution in [1.29, 1.82) is 0 Å². The molecule has 0 fully saturated rings. The van der Waals surface area contributed by atoms with Crippen LogP contribution < -0.4 is 14.2 Å². The monoisotopic (exact) mass is 292 g/mol. The van der Waals surface area contributed by atoms with Gasteiger partial charge in [0.1, 0.15) is 5.75 Å². The van der Waals surface area contributed by atoms with E-state index in [1.54, 1.807) is 24.3 Å². The first kappa shape index (κ1) is 14.6. The van der Waals surface area contributed by atoms with Crippen molar-refractivity contribution in [2.75, 3.05) is 21.3 Å². The highest BCUT2D eigenvalue weighted by molar-refractivity contribution is 5.88. The van der Waals surface area contributed by atoms with Crippen LogP contribution in [0, 0.1) is 0 Å². The number of methoxy groups -OCH3 is 3. The maximum absolute atomic E-state index is 10.2. The number of phenolic OH excluding ortho intramolecular Hbond substituents is 3. The van der Waals surface area contributed by atoms with Crippen molar-refractivity contribution in [2.24, 2.45) is 0 Å². The van der Waals surface area contributed by atoms with Crippen molar-refractivity contribution in [1.82, 2.24) is 0 Å². The summed E-state index contributed by atoms with van der Waals surface area (Å²) in [6.45, 7) is 0. The van der Waals surface area contributed by atoms with E-state index < -0.39 is 17.2 Å². The van der Waals surface area contributed by atoms with Gasteiger partial charge >= 0.3 is 0 Å². The molecule has 6 nitrogen and oxygen atoms in total. The first-order valence-electron chi connectivity index (χ1n) is 6.09. The number of rotatable bonds is 4. The first-order chi connectivity index (χ1) is 10.1. The summed E-state index contributed by atoms with van der Waals surface area (Å²) >= 11 is 0. The Morgan fingerprint density at radius 1 is 0.714 bits per heavy atom. The lowest BCUT2D eigenvalue weighted by Crippen LogP contribution is -1.96. The smallest absolute Gasteiger partial charge is 0.208 e. The molecule has 0 aliphatic carbocycles. The van der Waals surface area contributed by atoms with Gasteiger partial charge in [0, 0.05) is 5.56 Å². The van der Waals surface area contributed by atoms with E-state index in [9.17, 15) is 15.3 Å². The van der Waals surface area contributed by atoms with Gasteiger partial charge in [0.2, 0.25) is 17.2 Å². The minimum atomic E-state index is -0.687. The zero-order valence-corrected chi connectivity index (χ0v) is 11.9. The Balaban J connectivity index is 2.88. The topological polar surface area (TPSA) is 88.4 Å². The number of hydrogen-bond donors (Lipinski definition) is 3. The summed E-state index contributed by atoms with van der Waals surface area (Å²) < 4.78 is 15.5. The summed E-state index contributed by atoms with van der Waals surface area (Å²) in [5.74, 6) is -1.31. The van der Waals surface area contributed by atoms with Crippen molar-refractivity contribution < 1.29 is 29.5 Å². The quantitative estimate of drug-likeness (QED) is 0.750. The SMILES string of the molecule is COc1ccccc1-c1c(O)c(O)c(O)c(OC)c1OC. The van der Waals surface area contributed by atoms with Crippen molar-refractivity contribution in [3.63, 3.8) is 0 Å². The van der Waals surface area contributed by atoms with Crippen LogP contribution in [0.15, 0.2) is 24.3 Å². The van der Waals surface area contributed by atoms with Crippen LogP contribution in [0.2, 0.25) is 0 Å². The second-order valence-electron chi connectivity index (χ2n) is 4.19. The molecule has 0 bridgehead atoms. The van der Waals surface area contributed by atoms with Crippen molar-refractivity contribution in [2.45, 2.75) is 0 Å². The first-order valence-corrected chi connectivity index (χ1v) is 6.09. The molecule has 0 saturated heterocycles. The molecule has 2 rings (SSSR count). The van der Waals surface area contributed by atoms with Crippen molar-refractivity contribution in [3.8, 4) is 45.6 Å². The molecule has 21 heavy (non-hydrogen) atoms. The zero-order chi connectivity index (χ0) is 15.6. The van der Waals surface area contributed by atoms with Gasteiger partial charge < -0.3 is 29.5 Å². The number of aromatic hydroxyl groups is 3. The predicted octanol–water partition coefficient (Wildman–Crippen LogP) is 2.50. The summed E-state index contributed by atoms with van der Waals surface area (Å²) in [6.07, 6.45) is 0. The standard InChI is InChI=1S/C15H16O6/c1-19-9-7-5-4-6-8(9)10-11(16)12(17)13(18)15(21-3)14(10)20-2/h4-7,16-18H,1-3H3. The molecule has 112 valence electrons. The van der Waals surface area contributed by atoms with Crippen LogP contribution in [0.4, 0.5) is 0 Å². The van der Waals surface area contributed by atoms with Gasteiger partial charge in [-0.2, -0.15) is 0 Å². The van der Waals surface area contributed by atoms with Crippen molar-refractivity contribution >= 4 is 0 Å². The lowest BCUT2D eigenvalue weighted by atomic mass is 10.0. The molecular weight excluding hydrogens is 276 g/mol. The fraction of sp³-hybridized carbons (Fsp3) is 0.200. The van der Waals surface area contributed by atoms with Crippen molar-refractivity contribution in [3.05, 3.63) is 24.3 Å². The molecule has 0 aromatic heterocycles. The Bertz CT molecular complexity index is 666. The Morgan fingerprint density at radius 2 is 1.33 bits per heavy atom. The lowest BCUT2D eigenvalue weighted by molar-refractivity contribution is 0.311.